The molecule has 30 heavy (non-hydrogen) atoms. The van der Waals surface area contributed by atoms with E-state index < -0.39 is 11.1 Å². The molecule has 0 N–H and O–H groups in total. The van der Waals surface area contributed by atoms with E-state index in [0.717, 1.165) is 42.0 Å². The number of hydrogen-bond donors (Lipinski definition) is 0. The lowest BCUT2D eigenvalue weighted by molar-refractivity contribution is 0.0723. The molecule has 1 aliphatic rings. The summed E-state index contributed by atoms with van der Waals surface area (Å²) in [5.74, 6) is 0.138. The lowest BCUT2D eigenvalue weighted by Crippen LogP contribution is -2.47. The highest BCUT2D eigenvalue weighted by Crippen LogP contribution is 2.38. The van der Waals surface area contributed by atoms with Crippen LogP contribution in [0.3, 0.4) is 0 Å². The summed E-state index contributed by atoms with van der Waals surface area (Å²) in [6.07, 6.45) is 3.36. The van der Waals surface area contributed by atoms with Gasteiger partial charge in [0.05, 0.1) is 6.54 Å². The Morgan fingerprint density at radius 1 is 1.13 bits per heavy atom. The van der Waals surface area contributed by atoms with Crippen LogP contribution in [-0.2, 0) is 11.1 Å². The van der Waals surface area contributed by atoms with Crippen LogP contribution in [0, 0.1) is 19.3 Å². The zero-order chi connectivity index (χ0) is 22.3. The number of rotatable bonds is 5. The molecule has 0 saturated carbocycles. The van der Waals surface area contributed by atoms with Gasteiger partial charge >= 0.3 is 0 Å². The molecule has 0 spiro atoms. The van der Waals surface area contributed by atoms with Gasteiger partial charge in [0.25, 0.3) is 0 Å². The highest BCUT2D eigenvalue weighted by Gasteiger charge is 2.37. The standard InChI is InChI=1S/C24H34N2O3S/c1-17-14-21(18(2)26(17)19-8-10-20(11-9-19)30(28)29)22(27)15-25-13-7-12-23(3,4)16-24(25,5)6/h8-11,14H,7,12-13,15-16H2,1-6H3,(H,28,29)/p-1. The van der Waals surface area contributed by atoms with Gasteiger partial charge in [-0.05, 0) is 100 Å². The first-order chi connectivity index (χ1) is 13.9. The first-order valence-corrected chi connectivity index (χ1v) is 11.7. The summed E-state index contributed by atoms with van der Waals surface area (Å²) in [5, 5.41) is 0. The third-order valence-corrected chi connectivity index (χ3v) is 7.06. The average molecular weight is 430 g/mol. The summed E-state index contributed by atoms with van der Waals surface area (Å²) in [7, 11) is 0. The van der Waals surface area contributed by atoms with E-state index in [-0.39, 0.29) is 21.6 Å². The number of aryl methyl sites for hydroxylation is 1. The molecule has 0 bridgehead atoms. The zero-order valence-electron chi connectivity index (χ0n) is 18.9. The Hall–Kier alpha value is -1.76. The quantitative estimate of drug-likeness (QED) is 0.506. The smallest absolute Gasteiger partial charge is 0.178 e. The van der Waals surface area contributed by atoms with Gasteiger partial charge in [0.15, 0.2) is 5.78 Å². The van der Waals surface area contributed by atoms with E-state index in [1.165, 1.54) is 6.42 Å². The number of aromatic nitrogens is 1. The Morgan fingerprint density at radius 2 is 1.77 bits per heavy atom. The van der Waals surface area contributed by atoms with E-state index in [1.54, 1.807) is 24.3 Å². The fourth-order valence-electron chi connectivity index (χ4n) is 5.12. The number of hydrogen-bond acceptors (Lipinski definition) is 4. The zero-order valence-corrected chi connectivity index (χ0v) is 19.8. The minimum absolute atomic E-state index is 0.0228. The number of ketones is 1. The van der Waals surface area contributed by atoms with Crippen LogP contribution < -0.4 is 0 Å². The predicted molar refractivity (Wildman–Crippen MR) is 120 cm³/mol. The minimum atomic E-state index is -2.24. The average Bonchev–Trinajstić information content (AvgIpc) is 2.88. The molecule has 0 amide bonds. The van der Waals surface area contributed by atoms with Crippen molar-refractivity contribution in [3.63, 3.8) is 0 Å². The molecule has 1 atom stereocenters. The molecule has 1 saturated heterocycles. The number of nitrogens with zero attached hydrogens (tertiary/aromatic N) is 2. The maximum absolute atomic E-state index is 13.3. The van der Waals surface area contributed by atoms with E-state index in [4.69, 9.17) is 0 Å². The predicted octanol–water partition coefficient (Wildman–Crippen LogP) is 4.81. The Kier molecular flexibility index (Phi) is 6.42. The highest BCUT2D eigenvalue weighted by molar-refractivity contribution is 7.79. The third kappa shape index (κ3) is 4.76. The van der Waals surface area contributed by atoms with Crippen molar-refractivity contribution in [2.45, 2.75) is 71.2 Å². The second-order valence-corrected chi connectivity index (χ2v) is 10.9. The summed E-state index contributed by atoms with van der Waals surface area (Å²) in [6.45, 7) is 14.4. The molecular formula is C24H33N2O3S-. The normalized spacial score (nSPS) is 20.0. The Bertz CT molecular complexity index is 958. The van der Waals surface area contributed by atoms with Gasteiger partial charge in [-0.25, -0.2) is 0 Å². The van der Waals surface area contributed by atoms with Crippen molar-refractivity contribution < 1.29 is 13.6 Å². The number of benzene rings is 1. The second kappa shape index (κ2) is 8.40. The number of carbonyl (C=O) groups is 1. The molecule has 164 valence electrons. The monoisotopic (exact) mass is 429 g/mol. The van der Waals surface area contributed by atoms with Crippen LogP contribution in [-0.4, -0.2) is 42.6 Å². The molecule has 0 radical (unpaired) electrons. The Balaban J connectivity index is 1.85. The molecule has 3 rings (SSSR count). The maximum atomic E-state index is 13.3. The van der Waals surface area contributed by atoms with Gasteiger partial charge < -0.3 is 9.12 Å². The van der Waals surface area contributed by atoms with Crippen LogP contribution in [0.5, 0.6) is 0 Å². The first-order valence-electron chi connectivity index (χ1n) is 10.6. The number of likely N-dealkylation sites (tertiary alicyclic amines) is 1. The number of carbonyl (C=O) groups excluding carboxylic acids is 1. The highest BCUT2D eigenvalue weighted by atomic mass is 32.2. The topological polar surface area (TPSA) is 65.4 Å². The SMILES string of the molecule is Cc1cc(C(=O)CN2CCCC(C)(C)CC2(C)C)c(C)n1-c1ccc(S(=O)[O-])cc1. The van der Waals surface area contributed by atoms with Gasteiger partial charge in [0, 0.05) is 33.1 Å². The second-order valence-electron chi connectivity index (χ2n) is 9.95. The van der Waals surface area contributed by atoms with Crippen molar-refractivity contribution >= 4 is 16.9 Å². The molecule has 0 aliphatic carbocycles. The lowest BCUT2D eigenvalue weighted by atomic mass is 9.78. The van der Waals surface area contributed by atoms with Gasteiger partial charge in [-0.1, -0.05) is 13.8 Å². The molecule has 2 heterocycles. The molecule has 1 fully saturated rings. The van der Waals surface area contributed by atoms with Gasteiger partial charge in [0.2, 0.25) is 0 Å². The van der Waals surface area contributed by atoms with Crippen LogP contribution in [0.4, 0.5) is 0 Å². The van der Waals surface area contributed by atoms with Crippen molar-refractivity contribution in [2.75, 3.05) is 13.1 Å². The summed E-state index contributed by atoms with van der Waals surface area (Å²) in [4.78, 5) is 15.9. The molecule has 1 aromatic carbocycles. The van der Waals surface area contributed by atoms with Crippen LogP contribution in [0.25, 0.3) is 5.69 Å². The van der Waals surface area contributed by atoms with Crippen molar-refractivity contribution in [1.82, 2.24) is 9.47 Å². The van der Waals surface area contributed by atoms with Crippen LogP contribution >= 0.6 is 0 Å². The van der Waals surface area contributed by atoms with Gasteiger partial charge in [-0.15, -0.1) is 0 Å². The molecular weight excluding hydrogens is 396 g/mol. The maximum Gasteiger partial charge on any atom is 0.178 e. The van der Waals surface area contributed by atoms with Crippen LogP contribution in [0.1, 0.15) is 68.7 Å². The summed E-state index contributed by atoms with van der Waals surface area (Å²) in [5.41, 5.74) is 3.71. The van der Waals surface area contributed by atoms with Gasteiger partial charge in [0.1, 0.15) is 0 Å². The van der Waals surface area contributed by atoms with Crippen LogP contribution in [0.2, 0.25) is 0 Å². The molecule has 5 nitrogen and oxygen atoms in total. The van der Waals surface area contributed by atoms with Crippen molar-refractivity contribution in [3.8, 4) is 5.69 Å². The van der Waals surface area contributed by atoms with Crippen molar-refractivity contribution in [2.24, 2.45) is 5.41 Å². The summed E-state index contributed by atoms with van der Waals surface area (Å²) in [6, 6.07) is 8.67. The largest absolute Gasteiger partial charge is 0.768 e. The van der Waals surface area contributed by atoms with Crippen LogP contribution in [0.15, 0.2) is 35.2 Å². The van der Waals surface area contributed by atoms with E-state index in [2.05, 4.69) is 32.6 Å². The van der Waals surface area contributed by atoms with Crippen molar-refractivity contribution in [3.05, 3.63) is 47.3 Å². The minimum Gasteiger partial charge on any atom is -0.768 e. The fraction of sp³-hybridized carbons (Fsp3) is 0.542. The lowest BCUT2D eigenvalue weighted by Gasteiger charge is -2.40. The Labute approximate surface area is 182 Å². The number of Topliss-reactive ketones (excluding diaryl/α,β-unsaturated/α-hetero) is 1. The fourth-order valence-corrected chi connectivity index (χ4v) is 5.48. The first kappa shape index (κ1) is 22.9. The molecule has 1 unspecified atom stereocenters. The van der Waals surface area contributed by atoms with E-state index in [9.17, 15) is 13.6 Å². The van der Waals surface area contributed by atoms with Crippen molar-refractivity contribution in [1.29, 1.82) is 0 Å². The molecule has 1 aromatic heterocycles. The summed E-state index contributed by atoms with van der Waals surface area (Å²) >= 11 is -2.24. The summed E-state index contributed by atoms with van der Waals surface area (Å²) < 4.78 is 24.3. The van der Waals surface area contributed by atoms with Gasteiger partial charge in [-0.3, -0.25) is 13.9 Å². The Morgan fingerprint density at radius 3 is 2.37 bits per heavy atom. The molecule has 6 heteroatoms. The van der Waals surface area contributed by atoms with E-state index in [0.29, 0.717) is 6.54 Å². The van der Waals surface area contributed by atoms with E-state index in [1.807, 2.05) is 24.5 Å². The van der Waals surface area contributed by atoms with Gasteiger partial charge in [-0.2, -0.15) is 0 Å². The third-order valence-electron chi connectivity index (χ3n) is 6.40. The molecule has 1 aliphatic heterocycles. The molecule has 2 aromatic rings. The van der Waals surface area contributed by atoms with E-state index >= 15 is 0 Å².